The average Bonchev–Trinajstić information content (AvgIpc) is 2.63. The first kappa shape index (κ1) is 14.1. The highest BCUT2D eigenvalue weighted by Crippen LogP contribution is 1.91. The Morgan fingerprint density at radius 2 is 2.17 bits per heavy atom. The van der Waals surface area contributed by atoms with Crippen LogP contribution in [0.15, 0.2) is 6.20 Å². The predicted molar refractivity (Wildman–Crippen MR) is 59.7 cm³/mol. The Hall–Kier alpha value is -1.97. The molecule has 100 valence electrons. The minimum Gasteiger partial charge on any atom is -0.476 e. The molecule has 0 aliphatic rings. The fourth-order valence-corrected chi connectivity index (χ4v) is 1.68. The molecule has 9 nitrogen and oxygen atoms in total. The number of nitrogens with zero attached hydrogens (tertiary/aromatic N) is 3. The van der Waals surface area contributed by atoms with E-state index in [1.54, 1.807) is 0 Å². The number of rotatable bonds is 6. The molecule has 0 saturated carbocycles. The molecular formula is C8H12N4O5S. The van der Waals surface area contributed by atoms with Crippen molar-refractivity contribution in [2.45, 2.75) is 6.54 Å². The van der Waals surface area contributed by atoms with Crippen LogP contribution in [-0.4, -0.2) is 58.9 Å². The van der Waals surface area contributed by atoms with Crippen LogP contribution in [0.25, 0.3) is 0 Å². The highest BCUT2D eigenvalue weighted by molar-refractivity contribution is 7.91. The predicted octanol–water partition coefficient (Wildman–Crippen LogP) is -1.86. The van der Waals surface area contributed by atoms with Gasteiger partial charge in [-0.05, 0) is 0 Å². The van der Waals surface area contributed by atoms with E-state index < -0.39 is 27.5 Å². The van der Waals surface area contributed by atoms with E-state index in [2.05, 4.69) is 15.6 Å². The summed E-state index contributed by atoms with van der Waals surface area (Å²) in [7, 11) is -3.35. The van der Waals surface area contributed by atoms with Gasteiger partial charge in [-0.2, -0.15) is 0 Å². The summed E-state index contributed by atoms with van der Waals surface area (Å²) in [6.07, 6.45) is 2.17. The van der Waals surface area contributed by atoms with E-state index in [9.17, 15) is 18.0 Å². The lowest BCUT2D eigenvalue weighted by molar-refractivity contribution is -0.118. The van der Waals surface area contributed by atoms with Crippen molar-refractivity contribution in [3.8, 4) is 0 Å². The topological polar surface area (TPSA) is 131 Å². The lowest BCUT2D eigenvalue weighted by Gasteiger charge is -2.03. The van der Waals surface area contributed by atoms with Gasteiger partial charge in [0.25, 0.3) is 0 Å². The van der Waals surface area contributed by atoms with Crippen LogP contribution in [0.2, 0.25) is 0 Å². The van der Waals surface area contributed by atoms with Crippen molar-refractivity contribution in [1.82, 2.24) is 20.3 Å². The van der Waals surface area contributed by atoms with Crippen LogP contribution in [0.4, 0.5) is 0 Å². The van der Waals surface area contributed by atoms with Crippen molar-refractivity contribution in [3.63, 3.8) is 0 Å². The molecule has 1 amide bonds. The molecule has 0 saturated heterocycles. The zero-order chi connectivity index (χ0) is 13.8. The van der Waals surface area contributed by atoms with Crippen molar-refractivity contribution in [1.29, 1.82) is 0 Å². The standard InChI is InChI=1S/C8H12N4O5S/c1-18(16,17)5-7(13)9-2-3-12-4-6(8(14)15)10-11-12/h4H,2-3,5H2,1H3,(H,9,13)(H,14,15). The molecule has 0 fully saturated rings. The monoisotopic (exact) mass is 276 g/mol. The maximum absolute atomic E-state index is 11.1. The van der Waals surface area contributed by atoms with Crippen LogP contribution in [0.3, 0.4) is 0 Å². The lowest BCUT2D eigenvalue weighted by Crippen LogP contribution is -2.32. The number of carbonyl (C=O) groups is 2. The molecule has 0 unspecified atom stereocenters. The van der Waals surface area contributed by atoms with Gasteiger partial charge in [0, 0.05) is 12.8 Å². The van der Waals surface area contributed by atoms with E-state index in [0.717, 1.165) is 6.26 Å². The molecule has 0 atom stereocenters. The second kappa shape index (κ2) is 5.58. The smallest absolute Gasteiger partial charge is 0.358 e. The molecule has 0 radical (unpaired) electrons. The highest BCUT2D eigenvalue weighted by Gasteiger charge is 2.11. The quantitative estimate of drug-likeness (QED) is 0.622. The number of hydrogen-bond donors (Lipinski definition) is 2. The second-order valence-electron chi connectivity index (χ2n) is 3.59. The van der Waals surface area contributed by atoms with Gasteiger partial charge in [-0.15, -0.1) is 5.10 Å². The summed E-state index contributed by atoms with van der Waals surface area (Å²) in [6, 6.07) is 0. The zero-order valence-corrected chi connectivity index (χ0v) is 10.3. The van der Waals surface area contributed by atoms with Gasteiger partial charge >= 0.3 is 5.97 Å². The fourth-order valence-electron chi connectivity index (χ4n) is 1.10. The molecule has 1 aromatic heterocycles. The van der Waals surface area contributed by atoms with Crippen LogP contribution in [0, 0.1) is 0 Å². The van der Waals surface area contributed by atoms with Crippen LogP contribution in [0.1, 0.15) is 10.5 Å². The third-order valence-corrected chi connectivity index (χ3v) is 2.60. The minimum atomic E-state index is -3.35. The van der Waals surface area contributed by atoms with E-state index in [-0.39, 0.29) is 18.8 Å². The summed E-state index contributed by atoms with van der Waals surface area (Å²) in [5.74, 6) is -2.39. The third kappa shape index (κ3) is 4.91. The van der Waals surface area contributed by atoms with Gasteiger partial charge in [0.2, 0.25) is 5.91 Å². The number of carbonyl (C=O) groups excluding carboxylic acids is 1. The Balaban J connectivity index is 2.37. The molecule has 1 rings (SSSR count). The second-order valence-corrected chi connectivity index (χ2v) is 5.73. The van der Waals surface area contributed by atoms with E-state index >= 15 is 0 Å². The van der Waals surface area contributed by atoms with Gasteiger partial charge < -0.3 is 10.4 Å². The normalized spacial score (nSPS) is 11.2. The molecule has 0 spiro atoms. The average molecular weight is 276 g/mol. The Bertz CT molecular complexity index is 550. The largest absolute Gasteiger partial charge is 0.476 e. The molecule has 0 aromatic carbocycles. The van der Waals surface area contributed by atoms with E-state index in [4.69, 9.17) is 5.11 Å². The maximum atomic E-state index is 11.1. The molecule has 18 heavy (non-hydrogen) atoms. The first-order valence-electron chi connectivity index (χ1n) is 4.86. The molecular weight excluding hydrogens is 264 g/mol. The zero-order valence-electron chi connectivity index (χ0n) is 9.53. The van der Waals surface area contributed by atoms with Gasteiger partial charge in [-0.3, -0.25) is 4.79 Å². The van der Waals surface area contributed by atoms with Crippen LogP contribution in [-0.2, 0) is 21.2 Å². The minimum absolute atomic E-state index is 0.136. The van der Waals surface area contributed by atoms with E-state index in [1.165, 1.54) is 10.9 Å². The Kier molecular flexibility index (Phi) is 4.37. The van der Waals surface area contributed by atoms with Gasteiger partial charge in [-0.1, -0.05) is 5.21 Å². The van der Waals surface area contributed by atoms with E-state index in [0.29, 0.717) is 0 Å². The SMILES string of the molecule is CS(=O)(=O)CC(=O)NCCn1cc(C(=O)O)nn1. The molecule has 1 aromatic rings. The Morgan fingerprint density at radius 1 is 1.50 bits per heavy atom. The first-order valence-corrected chi connectivity index (χ1v) is 6.92. The van der Waals surface area contributed by atoms with E-state index in [1.807, 2.05) is 0 Å². The number of aromatic nitrogens is 3. The number of carboxylic acid groups (broad SMARTS) is 1. The number of carboxylic acids is 1. The molecule has 0 aliphatic carbocycles. The highest BCUT2D eigenvalue weighted by atomic mass is 32.2. The number of amides is 1. The van der Waals surface area contributed by atoms with Crippen molar-refractivity contribution >= 4 is 21.7 Å². The van der Waals surface area contributed by atoms with Gasteiger partial charge in [-0.25, -0.2) is 17.9 Å². The molecule has 2 N–H and O–H groups in total. The van der Waals surface area contributed by atoms with Crippen molar-refractivity contribution in [2.24, 2.45) is 0 Å². The van der Waals surface area contributed by atoms with Gasteiger partial charge in [0.15, 0.2) is 15.5 Å². The summed E-state index contributed by atoms with van der Waals surface area (Å²) < 4.78 is 22.8. The summed E-state index contributed by atoms with van der Waals surface area (Å²) in [6.45, 7) is 0.340. The molecule has 0 bridgehead atoms. The molecule has 0 aliphatic heterocycles. The molecule has 1 heterocycles. The van der Waals surface area contributed by atoms with Gasteiger partial charge in [0.05, 0.1) is 12.7 Å². The summed E-state index contributed by atoms with van der Waals surface area (Å²) >= 11 is 0. The number of hydrogen-bond acceptors (Lipinski definition) is 6. The number of nitrogens with one attached hydrogen (secondary N) is 1. The lowest BCUT2D eigenvalue weighted by atomic mass is 10.5. The third-order valence-electron chi connectivity index (χ3n) is 1.81. The maximum Gasteiger partial charge on any atom is 0.358 e. The Morgan fingerprint density at radius 3 is 2.67 bits per heavy atom. The fraction of sp³-hybridized carbons (Fsp3) is 0.500. The van der Waals surface area contributed by atoms with Crippen LogP contribution in [0.5, 0.6) is 0 Å². The Labute approximate surface area is 103 Å². The number of aromatic carboxylic acids is 1. The summed E-state index contributed by atoms with van der Waals surface area (Å²) in [4.78, 5) is 21.6. The first-order chi connectivity index (χ1) is 8.28. The van der Waals surface area contributed by atoms with Crippen molar-refractivity contribution in [2.75, 3.05) is 18.6 Å². The summed E-state index contributed by atoms with van der Waals surface area (Å²) in [5.41, 5.74) is -0.197. The van der Waals surface area contributed by atoms with Crippen molar-refractivity contribution in [3.05, 3.63) is 11.9 Å². The van der Waals surface area contributed by atoms with Gasteiger partial charge in [0.1, 0.15) is 5.75 Å². The summed E-state index contributed by atoms with van der Waals surface area (Å²) in [5, 5.41) is 17.9. The molecule has 10 heteroatoms. The number of sulfone groups is 1. The van der Waals surface area contributed by atoms with Crippen LogP contribution < -0.4 is 5.32 Å². The van der Waals surface area contributed by atoms with Crippen LogP contribution >= 0.6 is 0 Å². The van der Waals surface area contributed by atoms with Crippen molar-refractivity contribution < 1.29 is 23.1 Å².